The van der Waals surface area contributed by atoms with E-state index in [1.54, 1.807) is 6.07 Å². The number of para-hydroxylation sites is 1. The first-order valence-corrected chi connectivity index (χ1v) is 11.8. The van der Waals surface area contributed by atoms with Gasteiger partial charge >= 0.3 is 0 Å². The number of phenols is 1. The highest BCUT2D eigenvalue weighted by Crippen LogP contribution is 2.40. The molecule has 0 fully saturated rings. The van der Waals surface area contributed by atoms with Gasteiger partial charge in [-0.15, -0.1) is 0 Å². The molecule has 0 unspecified atom stereocenters. The number of pyridine rings is 2. The first-order chi connectivity index (χ1) is 17.8. The van der Waals surface area contributed by atoms with Gasteiger partial charge in [0.15, 0.2) is 0 Å². The smallest absolute Gasteiger partial charge is 0.138 e. The van der Waals surface area contributed by atoms with Crippen LogP contribution in [0.1, 0.15) is 0 Å². The maximum absolute atomic E-state index is 10.5. The Labute approximate surface area is 209 Å². The highest BCUT2D eigenvalue weighted by Gasteiger charge is 2.18. The Morgan fingerprint density at radius 2 is 1.36 bits per heavy atom. The van der Waals surface area contributed by atoms with Gasteiger partial charge < -0.3 is 5.11 Å². The molecule has 0 aliphatic rings. The van der Waals surface area contributed by atoms with Crippen molar-refractivity contribution >= 4 is 28.0 Å². The number of hydrogen-bond acceptors (Lipinski definition) is 4. The molecule has 0 aliphatic carbocycles. The fourth-order valence-corrected chi connectivity index (χ4v) is 4.52. The van der Waals surface area contributed by atoms with Crippen molar-refractivity contribution in [1.82, 2.24) is 9.97 Å². The van der Waals surface area contributed by atoms with Gasteiger partial charge in [-0.1, -0.05) is 72.8 Å². The van der Waals surface area contributed by atoms with E-state index in [-0.39, 0.29) is 5.75 Å². The van der Waals surface area contributed by atoms with E-state index in [9.17, 15) is 5.11 Å². The minimum atomic E-state index is 0.205. The average molecular weight is 466 g/mol. The fourth-order valence-electron chi connectivity index (χ4n) is 4.52. The molecule has 4 nitrogen and oxygen atoms in total. The lowest BCUT2D eigenvalue weighted by atomic mass is 10.1. The second-order valence-electron chi connectivity index (χ2n) is 8.50. The molecule has 0 spiro atoms. The Morgan fingerprint density at radius 3 is 2.25 bits per heavy atom. The van der Waals surface area contributed by atoms with Gasteiger partial charge in [-0.05, 0) is 60.0 Å². The van der Waals surface area contributed by atoms with Crippen LogP contribution in [0, 0.1) is 0 Å². The van der Waals surface area contributed by atoms with Crippen LogP contribution in [-0.4, -0.2) is 15.1 Å². The monoisotopic (exact) mass is 465 g/mol. The van der Waals surface area contributed by atoms with Crippen LogP contribution in [0.3, 0.4) is 0 Å². The largest absolute Gasteiger partial charge is 0.507 e. The number of benzene rings is 4. The summed E-state index contributed by atoms with van der Waals surface area (Å²) in [5.41, 5.74) is 5.32. The summed E-state index contributed by atoms with van der Waals surface area (Å²) in [6, 6.07) is 42.1. The van der Waals surface area contributed by atoms with E-state index in [0.29, 0.717) is 11.3 Å². The predicted octanol–water partition coefficient (Wildman–Crippen LogP) is 8.14. The number of aromatic hydroxyl groups is 1. The Kier molecular flexibility index (Phi) is 5.60. The van der Waals surface area contributed by atoms with Gasteiger partial charge in [0.25, 0.3) is 0 Å². The molecule has 0 saturated heterocycles. The number of phenolic OH excluding ortho intramolecular Hbond substituents is 1. The van der Waals surface area contributed by atoms with Gasteiger partial charge in [0.2, 0.25) is 0 Å². The fraction of sp³-hybridized carbons (Fsp3) is 0. The molecular weight excluding hydrogens is 442 g/mol. The molecule has 1 N–H and O–H groups in total. The van der Waals surface area contributed by atoms with Gasteiger partial charge in [-0.25, -0.2) is 4.98 Å². The summed E-state index contributed by atoms with van der Waals surface area (Å²) in [5, 5.41) is 12.7. The first kappa shape index (κ1) is 21.6. The van der Waals surface area contributed by atoms with Crippen LogP contribution < -0.4 is 4.90 Å². The van der Waals surface area contributed by atoms with E-state index >= 15 is 0 Å². The molecular formula is C32H23N3O. The van der Waals surface area contributed by atoms with Crippen LogP contribution in [-0.2, 0) is 0 Å². The molecule has 6 rings (SSSR count). The van der Waals surface area contributed by atoms with Crippen molar-refractivity contribution in [3.63, 3.8) is 0 Å². The number of rotatable bonds is 5. The maximum atomic E-state index is 10.5. The number of anilines is 3. The van der Waals surface area contributed by atoms with Crippen LogP contribution in [0.5, 0.6) is 5.75 Å². The minimum absolute atomic E-state index is 0.205. The maximum Gasteiger partial charge on any atom is 0.138 e. The molecule has 2 aromatic heterocycles. The zero-order valence-corrected chi connectivity index (χ0v) is 19.5. The number of nitrogens with zero attached hydrogens (tertiary/aromatic N) is 3. The first-order valence-electron chi connectivity index (χ1n) is 11.8. The quantitative estimate of drug-likeness (QED) is 0.279. The number of hydrogen-bond donors (Lipinski definition) is 1. The van der Waals surface area contributed by atoms with Crippen molar-refractivity contribution in [1.29, 1.82) is 0 Å². The van der Waals surface area contributed by atoms with E-state index < -0.39 is 0 Å². The van der Waals surface area contributed by atoms with Crippen molar-refractivity contribution in [3.8, 4) is 28.3 Å². The van der Waals surface area contributed by atoms with E-state index in [2.05, 4.69) is 70.5 Å². The van der Waals surface area contributed by atoms with Crippen molar-refractivity contribution in [3.05, 3.63) is 134 Å². The van der Waals surface area contributed by atoms with Crippen molar-refractivity contribution in [2.45, 2.75) is 0 Å². The second-order valence-corrected chi connectivity index (χ2v) is 8.50. The summed E-state index contributed by atoms with van der Waals surface area (Å²) < 4.78 is 0. The molecule has 0 bridgehead atoms. The third kappa shape index (κ3) is 4.05. The van der Waals surface area contributed by atoms with Crippen LogP contribution in [0.4, 0.5) is 17.2 Å². The lowest BCUT2D eigenvalue weighted by Crippen LogP contribution is -2.12. The summed E-state index contributed by atoms with van der Waals surface area (Å²) in [6.45, 7) is 0. The Hall–Kier alpha value is -4.96. The molecule has 0 atom stereocenters. The van der Waals surface area contributed by atoms with Gasteiger partial charge in [0.05, 0.1) is 17.1 Å². The standard InChI is InChI=1S/C32H23N3O/c36-31-19-4-3-15-27(31)29-17-9-20-32(34-29)35(30-18-8-11-23-10-1-2-14-26(23)30)25-13-7-12-24(22-25)28-16-5-6-21-33-28/h1-22,36H. The average Bonchev–Trinajstić information content (AvgIpc) is 2.94. The highest BCUT2D eigenvalue weighted by atomic mass is 16.3. The number of fused-ring (bicyclic) bond motifs is 1. The molecule has 0 saturated carbocycles. The Bertz CT molecular complexity index is 1660. The topological polar surface area (TPSA) is 49.2 Å². The summed E-state index contributed by atoms with van der Waals surface area (Å²) in [5.74, 6) is 0.960. The van der Waals surface area contributed by atoms with Crippen LogP contribution in [0.2, 0.25) is 0 Å². The molecule has 36 heavy (non-hydrogen) atoms. The van der Waals surface area contributed by atoms with Crippen LogP contribution in [0.25, 0.3) is 33.3 Å². The Morgan fingerprint density at radius 1 is 0.611 bits per heavy atom. The molecule has 0 aliphatic heterocycles. The minimum Gasteiger partial charge on any atom is -0.507 e. The summed E-state index contributed by atoms with van der Waals surface area (Å²) >= 11 is 0. The third-order valence-electron chi connectivity index (χ3n) is 6.22. The molecule has 4 heteroatoms. The van der Waals surface area contributed by atoms with Gasteiger partial charge in [0.1, 0.15) is 11.6 Å². The third-order valence-corrected chi connectivity index (χ3v) is 6.22. The van der Waals surface area contributed by atoms with E-state index in [0.717, 1.165) is 39.2 Å². The molecule has 4 aromatic carbocycles. The normalized spacial score (nSPS) is 10.9. The lowest BCUT2D eigenvalue weighted by molar-refractivity contribution is 0.477. The SMILES string of the molecule is Oc1ccccc1-c1cccc(N(c2cccc(-c3ccccn3)c2)c2cccc3ccccc23)n1. The van der Waals surface area contributed by atoms with Gasteiger partial charge in [0, 0.05) is 28.4 Å². The Balaban J connectivity index is 1.57. The zero-order chi connectivity index (χ0) is 24.3. The second kappa shape index (κ2) is 9.35. The summed E-state index contributed by atoms with van der Waals surface area (Å²) in [4.78, 5) is 11.7. The van der Waals surface area contributed by atoms with Gasteiger partial charge in [-0.2, -0.15) is 0 Å². The van der Waals surface area contributed by atoms with Crippen molar-refractivity contribution < 1.29 is 5.11 Å². The lowest BCUT2D eigenvalue weighted by Gasteiger charge is -2.26. The predicted molar refractivity (Wildman–Crippen MR) is 147 cm³/mol. The van der Waals surface area contributed by atoms with Crippen LogP contribution in [0.15, 0.2) is 134 Å². The highest BCUT2D eigenvalue weighted by molar-refractivity contribution is 5.98. The van der Waals surface area contributed by atoms with Crippen molar-refractivity contribution in [2.75, 3.05) is 4.90 Å². The molecule has 2 heterocycles. The molecule has 6 aromatic rings. The van der Waals surface area contributed by atoms with Gasteiger partial charge in [-0.3, -0.25) is 9.88 Å². The van der Waals surface area contributed by atoms with E-state index in [1.165, 1.54) is 0 Å². The molecule has 172 valence electrons. The molecule has 0 radical (unpaired) electrons. The summed E-state index contributed by atoms with van der Waals surface area (Å²) in [6.07, 6.45) is 1.81. The summed E-state index contributed by atoms with van der Waals surface area (Å²) in [7, 11) is 0. The number of aromatic nitrogens is 2. The van der Waals surface area contributed by atoms with Crippen LogP contribution >= 0.6 is 0 Å². The van der Waals surface area contributed by atoms with E-state index in [1.807, 2.05) is 66.9 Å². The molecule has 0 amide bonds. The van der Waals surface area contributed by atoms with E-state index in [4.69, 9.17) is 4.98 Å². The zero-order valence-electron chi connectivity index (χ0n) is 19.5. The van der Waals surface area contributed by atoms with Crippen molar-refractivity contribution in [2.24, 2.45) is 0 Å².